The molecule has 1 N–H and O–H groups in total. The van der Waals surface area contributed by atoms with E-state index in [9.17, 15) is 0 Å². The van der Waals surface area contributed by atoms with E-state index in [-0.39, 0.29) is 0 Å². The minimum absolute atomic E-state index is 0.668. The normalized spacial score (nSPS) is 19.4. The molecule has 0 aliphatic carbocycles. The highest BCUT2D eigenvalue weighted by molar-refractivity contribution is 5.44. The van der Waals surface area contributed by atoms with Gasteiger partial charge in [-0.1, -0.05) is 0 Å². The first-order chi connectivity index (χ1) is 7.79. The number of pyridine rings is 1. The molecule has 1 atom stereocenters. The number of hydrogen-bond acceptors (Lipinski definition) is 4. The van der Waals surface area contributed by atoms with Gasteiger partial charge in [-0.15, -0.1) is 0 Å². The minimum Gasteiger partial charge on any atom is -0.359 e. The summed E-state index contributed by atoms with van der Waals surface area (Å²) in [6, 6.07) is 5.70. The molecule has 1 unspecified atom stereocenters. The van der Waals surface area contributed by atoms with Crippen LogP contribution in [0.2, 0.25) is 0 Å². The first-order valence-electron chi connectivity index (χ1n) is 5.57. The molecule has 1 fully saturated rings. The molecule has 1 saturated heterocycles. The Morgan fingerprint density at radius 3 is 3.25 bits per heavy atom. The fraction of sp³-hybridized carbons (Fsp3) is 0.500. The summed E-state index contributed by atoms with van der Waals surface area (Å²) >= 11 is 0. The summed E-state index contributed by atoms with van der Waals surface area (Å²) in [5.74, 6) is 1.57. The summed E-state index contributed by atoms with van der Waals surface area (Å²) in [6.45, 7) is 3.20. The highest BCUT2D eigenvalue weighted by atomic mass is 15.2. The Balaban J connectivity index is 2.02. The predicted octanol–water partition coefficient (Wildman–Crippen LogP) is 0.999. The average molecular weight is 216 g/mol. The number of rotatable bonds is 3. The molecule has 0 amide bonds. The van der Waals surface area contributed by atoms with Crippen LogP contribution in [-0.4, -0.2) is 31.7 Å². The third-order valence-corrected chi connectivity index (χ3v) is 2.96. The first kappa shape index (κ1) is 10.9. The van der Waals surface area contributed by atoms with Gasteiger partial charge in [-0.2, -0.15) is 5.26 Å². The van der Waals surface area contributed by atoms with Gasteiger partial charge >= 0.3 is 0 Å². The fourth-order valence-electron chi connectivity index (χ4n) is 2.05. The molecule has 0 radical (unpaired) electrons. The Bertz CT molecular complexity index is 390. The van der Waals surface area contributed by atoms with Crippen LogP contribution in [0.4, 0.5) is 5.82 Å². The molecule has 2 heterocycles. The van der Waals surface area contributed by atoms with Gasteiger partial charge in [0, 0.05) is 19.8 Å². The van der Waals surface area contributed by atoms with Crippen molar-refractivity contribution < 1.29 is 0 Å². The smallest absolute Gasteiger partial charge is 0.129 e. The lowest BCUT2D eigenvalue weighted by molar-refractivity contribution is 0.576. The minimum atomic E-state index is 0.668. The summed E-state index contributed by atoms with van der Waals surface area (Å²) in [7, 11) is 2.03. The predicted molar refractivity (Wildman–Crippen MR) is 63.2 cm³/mol. The van der Waals surface area contributed by atoms with Gasteiger partial charge in [0.2, 0.25) is 0 Å². The molecular formula is C12H16N4. The number of nitrogens with zero attached hydrogens (tertiary/aromatic N) is 3. The zero-order chi connectivity index (χ0) is 11.4. The van der Waals surface area contributed by atoms with Gasteiger partial charge in [-0.05, 0) is 37.6 Å². The van der Waals surface area contributed by atoms with Crippen LogP contribution < -0.4 is 10.2 Å². The SMILES string of the molecule is CN(CC1CCNC1)c1cc(C#N)ccn1. The van der Waals surface area contributed by atoms with E-state index < -0.39 is 0 Å². The Morgan fingerprint density at radius 2 is 2.56 bits per heavy atom. The second kappa shape index (κ2) is 4.95. The van der Waals surface area contributed by atoms with Gasteiger partial charge < -0.3 is 10.2 Å². The maximum Gasteiger partial charge on any atom is 0.129 e. The number of anilines is 1. The fourth-order valence-corrected chi connectivity index (χ4v) is 2.05. The lowest BCUT2D eigenvalue weighted by Crippen LogP contribution is -2.27. The maximum atomic E-state index is 8.82. The zero-order valence-electron chi connectivity index (χ0n) is 9.48. The van der Waals surface area contributed by atoms with Crippen LogP contribution in [0.15, 0.2) is 18.3 Å². The molecule has 16 heavy (non-hydrogen) atoms. The van der Waals surface area contributed by atoms with Crippen molar-refractivity contribution >= 4 is 5.82 Å². The Hall–Kier alpha value is -1.60. The molecule has 0 aromatic carbocycles. The molecule has 1 aliphatic heterocycles. The van der Waals surface area contributed by atoms with Gasteiger partial charge in [-0.25, -0.2) is 4.98 Å². The van der Waals surface area contributed by atoms with Crippen molar-refractivity contribution in [3.63, 3.8) is 0 Å². The lowest BCUT2D eigenvalue weighted by Gasteiger charge is -2.21. The van der Waals surface area contributed by atoms with Crippen LogP contribution in [0, 0.1) is 17.2 Å². The van der Waals surface area contributed by atoms with Crippen LogP contribution in [-0.2, 0) is 0 Å². The van der Waals surface area contributed by atoms with Crippen molar-refractivity contribution in [3.8, 4) is 6.07 Å². The van der Waals surface area contributed by atoms with Crippen LogP contribution in [0.3, 0.4) is 0 Å². The summed E-state index contributed by atoms with van der Waals surface area (Å²) in [5.41, 5.74) is 0.668. The number of hydrogen-bond donors (Lipinski definition) is 1. The van der Waals surface area contributed by atoms with E-state index in [2.05, 4.69) is 21.3 Å². The maximum absolute atomic E-state index is 8.82. The van der Waals surface area contributed by atoms with Gasteiger partial charge in [-0.3, -0.25) is 0 Å². The first-order valence-corrected chi connectivity index (χ1v) is 5.57. The molecule has 1 aromatic heterocycles. The molecule has 2 rings (SSSR count). The largest absolute Gasteiger partial charge is 0.359 e. The zero-order valence-corrected chi connectivity index (χ0v) is 9.48. The van der Waals surface area contributed by atoms with E-state index >= 15 is 0 Å². The molecule has 4 heteroatoms. The second-order valence-electron chi connectivity index (χ2n) is 4.25. The molecule has 0 spiro atoms. The van der Waals surface area contributed by atoms with Crippen LogP contribution >= 0.6 is 0 Å². The monoisotopic (exact) mass is 216 g/mol. The topological polar surface area (TPSA) is 52.0 Å². The van der Waals surface area contributed by atoms with Crippen molar-refractivity contribution in [2.45, 2.75) is 6.42 Å². The van der Waals surface area contributed by atoms with E-state index in [0.717, 1.165) is 25.5 Å². The van der Waals surface area contributed by atoms with Crippen molar-refractivity contribution in [1.82, 2.24) is 10.3 Å². The number of nitriles is 1. The highest BCUT2D eigenvalue weighted by Gasteiger charge is 2.17. The van der Waals surface area contributed by atoms with E-state index in [1.807, 2.05) is 13.1 Å². The lowest BCUT2D eigenvalue weighted by atomic mass is 10.1. The van der Waals surface area contributed by atoms with E-state index in [0.29, 0.717) is 11.5 Å². The van der Waals surface area contributed by atoms with Crippen molar-refractivity contribution in [3.05, 3.63) is 23.9 Å². The van der Waals surface area contributed by atoms with E-state index in [1.165, 1.54) is 6.42 Å². The molecule has 1 aliphatic rings. The summed E-state index contributed by atoms with van der Waals surface area (Å²) < 4.78 is 0. The summed E-state index contributed by atoms with van der Waals surface area (Å²) in [4.78, 5) is 6.41. The van der Waals surface area contributed by atoms with Gasteiger partial charge in [0.25, 0.3) is 0 Å². The van der Waals surface area contributed by atoms with Gasteiger partial charge in [0.1, 0.15) is 5.82 Å². The van der Waals surface area contributed by atoms with Crippen molar-refractivity contribution in [2.24, 2.45) is 5.92 Å². The van der Waals surface area contributed by atoms with E-state index in [4.69, 9.17) is 5.26 Å². The number of nitrogens with one attached hydrogen (secondary N) is 1. The molecule has 4 nitrogen and oxygen atoms in total. The standard InChI is InChI=1S/C12H16N4/c1-16(9-11-2-4-14-8-11)12-6-10(7-13)3-5-15-12/h3,5-6,11,14H,2,4,8-9H2,1H3. The van der Waals surface area contributed by atoms with Crippen LogP contribution in [0.1, 0.15) is 12.0 Å². The van der Waals surface area contributed by atoms with E-state index in [1.54, 1.807) is 12.3 Å². The molecular weight excluding hydrogens is 200 g/mol. The summed E-state index contributed by atoms with van der Waals surface area (Å²) in [6.07, 6.45) is 2.92. The second-order valence-corrected chi connectivity index (χ2v) is 4.25. The highest BCUT2D eigenvalue weighted by Crippen LogP contribution is 2.15. The Morgan fingerprint density at radius 1 is 1.69 bits per heavy atom. The third kappa shape index (κ3) is 2.50. The quantitative estimate of drug-likeness (QED) is 0.819. The average Bonchev–Trinajstić information content (AvgIpc) is 2.82. The Labute approximate surface area is 95.9 Å². The third-order valence-electron chi connectivity index (χ3n) is 2.96. The molecule has 0 saturated carbocycles. The number of aromatic nitrogens is 1. The Kier molecular flexibility index (Phi) is 3.37. The van der Waals surface area contributed by atoms with Gasteiger partial charge in [0.05, 0.1) is 11.6 Å². The van der Waals surface area contributed by atoms with Gasteiger partial charge in [0.15, 0.2) is 0 Å². The summed E-state index contributed by atoms with van der Waals surface area (Å²) in [5, 5.41) is 12.2. The van der Waals surface area contributed by atoms with Crippen molar-refractivity contribution in [2.75, 3.05) is 31.6 Å². The molecule has 1 aromatic rings. The van der Waals surface area contributed by atoms with Crippen molar-refractivity contribution in [1.29, 1.82) is 5.26 Å². The molecule has 84 valence electrons. The molecule has 0 bridgehead atoms. The van der Waals surface area contributed by atoms with Crippen LogP contribution in [0.5, 0.6) is 0 Å². The van der Waals surface area contributed by atoms with Crippen LogP contribution in [0.25, 0.3) is 0 Å².